The van der Waals surface area contributed by atoms with Gasteiger partial charge in [0.25, 0.3) is 0 Å². The summed E-state index contributed by atoms with van der Waals surface area (Å²) >= 11 is 0. The molecule has 6 heteroatoms. The van der Waals surface area contributed by atoms with Crippen LogP contribution >= 0.6 is 0 Å². The fourth-order valence-corrected chi connectivity index (χ4v) is 3.52. The van der Waals surface area contributed by atoms with Gasteiger partial charge in [-0.15, -0.1) is 0 Å². The third-order valence-corrected chi connectivity index (χ3v) is 5.72. The molecule has 0 amide bonds. The Hall–Kier alpha value is -0.950. The van der Waals surface area contributed by atoms with Gasteiger partial charge in [0.2, 0.25) is 10.0 Å². The highest BCUT2D eigenvalue weighted by molar-refractivity contribution is 7.89. The first-order valence-electron chi connectivity index (χ1n) is 7.23. The summed E-state index contributed by atoms with van der Waals surface area (Å²) in [4.78, 5) is 0.385. The Morgan fingerprint density at radius 1 is 1.38 bits per heavy atom. The SMILES string of the molecule is COCCN(C)S(=O)(=O)c1cc(CNC2CC2)ccc1C. The number of aryl methyl sites for hydroxylation is 1. The standard InChI is InChI=1S/C15H24N2O3S/c1-12-4-5-13(11-16-14-6-7-14)10-15(12)21(18,19)17(2)8-9-20-3/h4-5,10,14,16H,6-9,11H2,1-3H3. The zero-order chi connectivity index (χ0) is 15.5. The van der Waals surface area contributed by atoms with Crippen LogP contribution in [0.1, 0.15) is 24.0 Å². The van der Waals surface area contributed by atoms with Gasteiger partial charge in [-0.1, -0.05) is 12.1 Å². The minimum absolute atomic E-state index is 0.350. The van der Waals surface area contributed by atoms with Crippen LogP contribution in [0.4, 0.5) is 0 Å². The number of methoxy groups -OCH3 is 1. The monoisotopic (exact) mass is 312 g/mol. The van der Waals surface area contributed by atoms with Crippen LogP contribution in [0.15, 0.2) is 23.1 Å². The first kappa shape index (κ1) is 16.4. The van der Waals surface area contributed by atoms with Crippen LogP contribution in [0.5, 0.6) is 0 Å². The molecule has 1 aliphatic carbocycles. The molecule has 0 atom stereocenters. The first-order chi connectivity index (χ1) is 9.95. The molecule has 118 valence electrons. The van der Waals surface area contributed by atoms with E-state index in [2.05, 4.69) is 5.32 Å². The topological polar surface area (TPSA) is 58.6 Å². The Balaban J connectivity index is 2.17. The van der Waals surface area contributed by atoms with Crippen molar-refractivity contribution in [2.45, 2.75) is 37.2 Å². The summed E-state index contributed by atoms with van der Waals surface area (Å²) in [5, 5.41) is 3.41. The van der Waals surface area contributed by atoms with E-state index in [0.29, 0.717) is 24.1 Å². The van der Waals surface area contributed by atoms with Gasteiger partial charge in [-0.2, -0.15) is 4.31 Å². The lowest BCUT2D eigenvalue weighted by atomic mass is 10.1. The Labute approximate surface area is 127 Å². The van der Waals surface area contributed by atoms with Crippen molar-refractivity contribution in [2.24, 2.45) is 0 Å². The molecular formula is C15H24N2O3S. The lowest BCUT2D eigenvalue weighted by Gasteiger charge is -2.19. The van der Waals surface area contributed by atoms with Gasteiger partial charge in [-0.25, -0.2) is 8.42 Å². The Bertz CT molecular complexity index is 583. The van der Waals surface area contributed by atoms with Crippen molar-refractivity contribution in [3.8, 4) is 0 Å². The molecule has 0 heterocycles. The highest BCUT2D eigenvalue weighted by Crippen LogP contribution is 2.22. The fourth-order valence-electron chi connectivity index (χ4n) is 2.09. The van der Waals surface area contributed by atoms with Crippen molar-refractivity contribution >= 4 is 10.0 Å². The lowest BCUT2D eigenvalue weighted by molar-refractivity contribution is 0.185. The maximum absolute atomic E-state index is 12.6. The largest absolute Gasteiger partial charge is 0.383 e. The second-order valence-electron chi connectivity index (χ2n) is 5.57. The van der Waals surface area contributed by atoms with Crippen molar-refractivity contribution in [2.75, 3.05) is 27.3 Å². The van der Waals surface area contributed by atoms with E-state index >= 15 is 0 Å². The Morgan fingerprint density at radius 3 is 2.71 bits per heavy atom. The normalized spacial score (nSPS) is 15.6. The van der Waals surface area contributed by atoms with Crippen LogP contribution < -0.4 is 5.32 Å². The molecule has 5 nitrogen and oxygen atoms in total. The average Bonchev–Trinajstić information content (AvgIpc) is 3.27. The summed E-state index contributed by atoms with van der Waals surface area (Å²) in [6.45, 7) is 3.28. The van der Waals surface area contributed by atoms with Crippen LogP contribution in [0, 0.1) is 6.92 Å². The third kappa shape index (κ3) is 4.26. The molecule has 21 heavy (non-hydrogen) atoms. The molecule has 0 aromatic heterocycles. The number of likely N-dealkylation sites (N-methyl/N-ethyl adjacent to an activating group) is 1. The summed E-state index contributed by atoms with van der Waals surface area (Å²) in [5.74, 6) is 0. The molecule has 1 saturated carbocycles. The molecule has 2 rings (SSSR count). The molecule has 0 radical (unpaired) electrons. The molecule has 0 aliphatic heterocycles. The van der Waals surface area contributed by atoms with E-state index in [1.54, 1.807) is 20.2 Å². The first-order valence-corrected chi connectivity index (χ1v) is 8.67. The summed E-state index contributed by atoms with van der Waals surface area (Å²) in [6.07, 6.45) is 2.44. The molecule has 1 aromatic carbocycles. The number of nitrogens with zero attached hydrogens (tertiary/aromatic N) is 1. The second kappa shape index (κ2) is 6.87. The highest BCUT2D eigenvalue weighted by Gasteiger charge is 2.24. The number of ether oxygens (including phenoxy) is 1. The van der Waals surface area contributed by atoms with E-state index in [4.69, 9.17) is 4.74 Å². The van der Waals surface area contributed by atoms with Gasteiger partial charge in [0, 0.05) is 33.3 Å². The van der Waals surface area contributed by atoms with Crippen LogP contribution in [0.3, 0.4) is 0 Å². The van der Waals surface area contributed by atoms with E-state index in [-0.39, 0.29) is 0 Å². The highest BCUT2D eigenvalue weighted by atomic mass is 32.2. The van der Waals surface area contributed by atoms with Gasteiger partial charge in [0.05, 0.1) is 11.5 Å². The van der Waals surface area contributed by atoms with Gasteiger partial charge in [0.15, 0.2) is 0 Å². The van der Waals surface area contributed by atoms with Crippen LogP contribution in [0.25, 0.3) is 0 Å². The second-order valence-corrected chi connectivity index (χ2v) is 7.59. The number of hydrogen-bond acceptors (Lipinski definition) is 4. The van der Waals surface area contributed by atoms with Gasteiger partial charge in [-0.3, -0.25) is 0 Å². The van der Waals surface area contributed by atoms with Crippen LogP contribution in [-0.4, -0.2) is 46.1 Å². The van der Waals surface area contributed by atoms with Crippen molar-refractivity contribution in [1.29, 1.82) is 0 Å². The summed E-state index contributed by atoms with van der Waals surface area (Å²) in [5.41, 5.74) is 1.78. The third-order valence-electron chi connectivity index (χ3n) is 3.72. The molecular weight excluding hydrogens is 288 g/mol. The van der Waals surface area contributed by atoms with Crippen molar-refractivity contribution in [3.63, 3.8) is 0 Å². The number of sulfonamides is 1. The molecule has 0 bridgehead atoms. The smallest absolute Gasteiger partial charge is 0.243 e. The lowest BCUT2D eigenvalue weighted by Crippen LogP contribution is -2.30. The van der Waals surface area contributed by atoms with E-state index in [0.717, 1.165) is 17.7 Å². The van der Waals surface area contributed by atoms with E-state index in [1.807, 2.05) is 19.1 Å². The van der Waals surface area contributed by atoms with E-state index < -0.39 is 10.0 Å². The zero-order valence-corrected chi connectivity index (χ0v) is 13.7. The number of benzene rings is 1. The number of nitrogens with one attached hydrogen (secondary N) is 1. The molecule has 0 unspecified atom stereocenters. The average molecular weight is 312 g/mol. The van der Waals surface area contributed by atoms with Gasteiger partial charge in [-0.05, 0) is 37.0 Å². The van der Waals surface area contributed by atoms with E-state index in [9.17, 15) is 8.42 Å². The van der Waals surface area contributed by atoms with Crippen molar-refractivity contribution in [3.05, 3.63) is 29.3 Å². The minimum Gasteiger partial charge on any atom is -0.383 e. The molecule has 0 saturated heterocycles. The number of hydrogen-bond donors (Lipinski definition) is 1. The zero-order valence-electron chi connectivity index (χ0n) is 12.9. The fraction of sp³-hybridized carbons (Fsp3) is 0.600. The van der Waals surface area contributed by atoms with Gasteiger partial charge in [0.1, 0.15) is 0 Å². The quantitative estimate of drug-likeness (QED) is 0.790. The predicted molar refractivity (Wildman–Crippen MR) is 82.7 cm³/mol. The molecule has 1 fully saturated rings. The molecule has 1 aromatic rings. The summed E-state index contributed by atoms with van der Waals surface area (Å²) in [7, 11) is -0.310. The maximum Gasteiger partial charge on any atom is 0.243 e. The minimum atomic E-state index is -3.46. The molecule has 0 spiro atoms. The predicted octanol–water partition coefficient (Wildman–Crippen LogP) is 1.51. The van der Waals surface area contributed by atoms with E-state index in [1.165, 1.54) is 17.1 Å². The maximum atomic E-state index is 12.6. The Morgan fingerprint density at radius 2 is 2.10 bits per heavy atom. The molecule has 1 N–H and O–H groups in total. The van der Waals surface area contributed by atoms with Crippen molar-refractivity contribution < 1.29 is 13.2 Å². The molecule has 1 aliphatic rings. The van der Waals surface area contributed by atoms with Gasteiger partial charge < -0.3 is 10.1 Å². The Kier molecular flexibility index (Phi) is 5.37. The number of rotatable bonds is 8. The van der Waals surface area contributed by atoms with Crippen LogP contribution in [0.2, 0.25) is 0 Å². The van der Waals surface area contributed by atoms with Gasteiger partial charge >= 0.3 is 0 Å². The van der Waals surface area contributed by atoms with Crippen LogP contribution in [-0.2, 0) is 21.3 Å². The van der Waals surface area contributed by atoms with Crippen molar-refractivity contribution in [1.82, 2.24) is 9.62 Å². The summed E-state index contributed by atoms with van der Waals surface area (Å²) in [6, 6.07) is 6.25. The summed E-state index contributed by atoms with van der Waals surface area (Å²) < 4.78 is 31.5.